The highest BCUT2D eigenvalue weighted by molar-refractivity contribution is 4.97. The Kier molecular flexibility index (Phi) is 5.10. The van der Waals surface area contributed by atoms with Gasteiger partial charge in [-0.2, -0.15) is 0 Å². The molecule has 0 amide bonds. The minimum Gasteiger partial charge on any atom is -0.389 e. The fourth-order valence-corrected chi connectivity index (χ4v) is 5.31. The fraction of sp³-hybridized carbons (Fsp3) is 1.00. The molecular weight excluding hydrogens is 298 g/mol. The minimum absolute atomic E-state index is 0.0336. The molecule has 0 radical (unpaired) electrons. The summed E-state index contributed by atoms with van der Waals surface area (Å²) < 4.78 is 6.37. The van der Waals surface area contributed by atoms with Crippen LogP contribution in [0.15, 0.2) is 0 Å². The second-order valence-electron chi connectivity index (χ2n) is 10.5. The van der Waals surface area contributed by atoms with Gasteiger partial charge in [-0.1, -0.05) is 20.8 Å². The number of nitrogens with zero attached hydrogens (tertiary/aromatic N) is 1. The lowest BCUT2D eigenvalue weighted by molar-refractivity contribution is -0.168. The lowest BCUT2D eigenvalue weighted by Crippen LogP contribution is -2.59. The van der Waals surface area contributed by atoms with Crippen LogP contribution in [0.25, 0.3) is 0 Å². The summed E-state index contributed by atoms with van der Waals surface area (Å²) in [4.78, 5) is 2.57. The van der Waals surface area contributed by atoms with E-state index in [2.05, 4.69) is 39.5 Å². The monoisotopic (exact) mass is 337 g/mol. The number of hydrogen-bond donors (Lipinski definition) is 1. The number of rotatable bonds is 2. The van der Waals surface area contributed by atoms with Crippen LogP contribution in [0.2, 0.25) is 0 Å². The van der Waals surface area contributed by atoms with Crippen molar-refractivity contribution in [2.45, 2.75) is 109 Å². The van der Waals surface area contributed by atoms with Gasteiger partial charge in [-0.15, -0.1) is 0 Å². The summed E-state index contributed by atoms with van der Waals surface area (Å²) in [6.45, 7) is 13.5. The van der Waals surface area contributed by atoms with Gasteiger partial charge < -0.3 is 9.84 Å². The van der Waals surface area contributed by atoms with Crippen molar-refractivity contribution in [2.75, 3.05) is 13.1 Å². The molecule has 1 saturated carbocycles. The topological polar surface area (TPSA) is 32.7 Å². The van der Waals surface area contributed by atoms with Gasteiger partial charge in [0.15, 0.2) is 0 Å². The first-order chi connectivity index (χ1) is 11.1. The Morgan fingerprint density at radius 2 is 1.71 bits per heavy atom. The van der Waals surface area contributed by atoms with Crippen molar-refractivity contribution in [1.82, 2.24) is 4.90 Å². The van der Waals surface area contributed by atoms with E-state index in [-0.39, 0.29) is 5.60 Å². The molecule has 0 aromatic carbocycles. The maximum atomic E-state index is 11.2. The van der Waals surface area contributed by atoms with Crippen molar-refractivity contribution in [3.05, 3.63) is 0 Å². The second kappa shape index (κ2) is 6.55. The Morgan fingerprint density at radius 3 is 2.33 bits per heavy atom. The molecule has 1 N–H and O–H groups in total. The van der Waals surface area contributed by atoms with E-state index >= 15 is 0 Å². The van der Waals surface area contributed by atoms with Crippen LogP contribution in [-0.2, 0) is 4.74 Å². The highest BCUT2D eigenvalue weighted by Gasteiger charge is 2.44. The molecule has 3 rings (SSSR count). The van der Waals surface area contributed by atoms with Gasteiger partial charge in [-0.25, -0.2) is 0 Å². The number of β-amino-alcohol motifs (C(OH)–C–C–N with tert-alkyl or cyclic N) is 1. The lowest BCUT2D eigenvalue weighted by atomic mass is 9.68. The second-order valence-corrected chi connectivity index (χ2v) is 10.5. The van der Waals surface area contributed by atoms with Gasteiger partial charge >= 0.3 is 0 Å². The minimum atomic E-state index is -0.476. The summed E-state index contributed by atoms with van der Waals surface area (Å²) in [6, 6.07) is 0.524. The molecule has 0 spiro atoms. The van der Waals surface area contributed by atoms with Gasteiger partial charge in [-0.05, 0) is 83.1 Å². The predicted molar refractivity (Wildman–Crippen MR) is 99.1 cm³/mol. The number of hydrogen-bond acceptors (Lipinski definition) is 3. The number of fused-ring (bicyclic) bond motifs is 1. The van der Waals surface area contributed by atoms with Crippen molar-refractivity contribution in [2.24, 2.45) is 11.3 Å². The van der Waals surface area contributed by atoms with Crippen LogP contribution >= 0.6 is 0 Å². The first kappa shape index (κ1) is 18.7. The molecule has 0 unspecified atom stereocenters. The Bertz CT molecular complexity index is 432. The average Bonchev–Trinajstić information content (AvgIpc) is 2.45. The van der Waals surface area contributed by atoms with E-state index < -0.39 is 5.60 Å². The van der Waals surface area contributed by atoms with Crippen LogP contribution in [0.5, 0.6) is 0 Å². The van der Waals surface area contributed by atoms with Crippen molar-refractivity contribution < 1.29 is 9.84 Å². The molecule has 0 aromatic heterocycles. The SMILES string of the molecule is CC1(C)CC[C@@H]2[C@@H](CCCN2CC2(O)CCC(C(C)(C)C)CC2)O1. The third-order valence-corrected chi connectivity index (χ3v) is 6.98. The smallest absolute Gasteiger partial charge is 0.0774 e. The van der Waals surface area contributed by atoms with Crippen LogP contribution in [0.4, 0.5) is 0 Å². The summed E-state index contributed by atoms with van der Waals surface area (Å²) in [5.74, 6) is 0.755. The van der Waals surface area contributed by atoms with E-state index in [1.165, 1.54) is 32.1 Å². The van der Waals surface area contributed by atoms with Crippen LogP contribution in [0.3, 0.4) is 0 Å². The van der Waals surface area contributed by atoms with E-state index in [1.54, 1.807) is 0 Å². The molecule has 0 bridgehead atoms. The Hall–Kier alpha value is -0.120. The third-order valence-electron chi connectivity index (χ3n) is 6.98. The van der Waals surface area contributed by atoms with Crippen molar-refractivity contribution in [1.29, 1.82) is 0 Å². The first-order valence-electron chi connectivity index (χ1n) is 10.2. The average molecular weight is 338 g/mol. The van der Waals surface area contributed by atoms with Gasteiger partial charge in [0, 0.05) is 12.6 Å². The maximum Gasteiger partial charge on any atom is 0.0774 e. The summed E-state index contributed by atoms with van der Waals surface area (Å²) >= 11 is 0. The Morgan fingerprint density at radius 1 is 1.04 bits per heavy atom. The summed E-state index contributed by atoms with van der Waals surface area (Å²) in [5, 5.41) is 11.2. The van der Waals surface area contributed by atoms with Crippen molar-refractivity contribution in [3.63, 3.8) is 0 Å². The molecule has 2 aliphatic heterocycles. The highest BCUT2D eigenvalue weighted by atomic mass is 16.5. The van der Waals surface area contributed by atoms with Gasteiger partial charge in [0.2, 0.25) is 0 Å². The van der Waals surface area contributed by atoms with Crippen molar-refractivity contribution in [3.8, 4) is 0 Å². The molecule has 2 saturated heterocycles. The van der Waals surface area contributed by atoms with Crippen LogP contribution in [0, 0.1) is 11.3 Å². The number of aliphatic hydroxyl groups is 1. The van der Waals surface area contributed by atoms with Gasteiger partial charge in [0.05, 0.1) is 17.3 Å². The van der Waals surface area contributed by atoms with E-state index in [9.17, 15) is 5.11 Å². The number of likely N-dealkylation sites (tertiary alicyclic amines) is 1. The molecule has 1 aliphatic carbocycles. The standard InChI is InChI=1S/C21H39NO2/c1-19(2,3)16-8-12-21(23,13-9-16)15-22-14-6-7-18-17(22)10-11-20(4,5)24-18/h16-18,23H,6-15H2,1-5H3/t16?,17-,18-,21?/m1/s1. The fourth-order valence-electron chi connectivity index (χ4n) is 5.31. The molecule has 140 valence electrons. The molecule has 2 atom stereocenters. The van der Waals surface area contributed by atoms with Gasteiger partial charge in [0.1, 0.15) is 0 Å². The van der Waals surface area contributed by atoms with E-state index in [1.807, 2.05) is 0 Å². The molecule has 3 nitrogen and oxygen atoms in total. The van der Waals surface area contributed by atoms with Crippen LogP contribution in [0.1, 0.15) is 86.0 Å². The summed E-state index contributed by atoms with van der Waals surface area (Å²) in [6.07, 6.45) is 9.40. The van der Waals surface area contributed by atoms with Gasteiger partial charge in [-0.3, -0.25) is 4.90 Å². The summed E-state index contributed by atoms with van der Waals surface area (Å²) in [7, 11) is 0. The number of ether oxygens (including phenoxy) is 1. The highest BCUT2D eigenvalue weighted by Crippen LogP contribution is 2.43. The molecule has 0 aromatic rings. The first-order valence-corrected chi connectivity index (χ1v) is 10.2. The molecule has 3 heteroatoms. The number of piperidine rings is 1. The molecule has 2 heterocycles. The summed E-state index contributed by atoms with van der Waals surface area (Å²) in [5.41, 5.74) is -0.0667. The molecule has 24 heavy (non-hydrogen) atoms. The molecular formula is C21H39NO2. The quantitative estimate of drug-likeness (QED) is 0.812. The molecule has 3 aliphatic rings. The normalized spacial score (nSPS) is 41.0. The Balaban J connectivity index is 1.59. The Labute approximate surface area is 149 Å². The zero-order valence-electron chi connectivity index (χ0n) is 16.6. The molecule has 3 fully saturated rings. The maximum absolute atomic E-state index is 11.2. The predicted octanol–water partition coefficient (Wildman–Crippen LogP) is 4.38. The lowest BCUT2D eigenvalue weighted by Gasteiger charge is -2.51. The van der Waals surface area contributed by atoms with Crippen LogP contribution < -0.4 is 0 Å². The van der Waals surface area contributed by atoms with Gasteiger partial charge in [0.25, 0.3) is 0 Å². The van der Waals surface area contributed by atoms with E-state index in [4.69, 9.17) is 4.74 Å². The van der Waals surface area contributed by atoms with E-state index in [0.717, 1.165) is 38.3 Å². The largest absolute Gasteiger partial charge is 0.389 e. The van der Waals surface area contributed by atoms with Crippen molar-refractivity contribution >= 4 is 0 Å². The zero-order chi connectivity index (χ0) is 17.6. The van der Waals surface area contributed by atoms with Crippen LogP contribution in [-0.4, -0.2) is 46.4 Å². The zero-order valence-corrected chi connectivity index (χ0v) is 16.6. The van der Waals surface area contributed by atoms with E-state index in [0.29, 0.717) is 17.6 Å². The third kappa shape index (κ3) is 4.16.